The van der Waals surface area contributed by atoms with Crippen molar-refractivity contribution in [3.63, 3.8) is 0 Å². The van der Waals surface area contributed by atoms with Crippen LogP contribution in [0.3, 0.4) is 0 Å². The van der Waals surface area contributed by atoms with Crippen molar-refractivity contribution in [2.45, 2.75) is 18.9 Å². The van der Waals surface area contributed by atoms with Crippen LogP contribution in [0.5, 0.6) is 0 Å². The second kappa shape index (κ2) is 4.75. The molecule has 2 unspecified atom stereocenters. The molecule has 0 fully saturated rings. The minimum Gasteiger partial charge on any atom is -0.478 e. The zero-order valence-corrected chi connectivity index (χ0v) is 8.55. The molecule has 0 aliphatic heterocycles. The molecule has 0 aromatic heterocycles. The van der Waals surface area contributed by atoms with Crippen molar-refractivity contribution in [2.24, 2.45) is 0 Å². The maximum absolute atomic E-state index is 10.6. The summed E-state index contributed by atoms with van der Waals surface area (Å²) in [5, 5.41) is 18.4. The van der Waals surface area contributed by atoms with Gasteiger partial charge in [0.2, 0.25) is 0 Å². The topological polar surface area (TPSA) is 57.5 Å². The quantitative estimate of drug-likeness (QED) is 0.738. The lowest BCUT2D eigenvalue weighted by Gasteiger charge is -2.18. The standard InChI is InChI=1S/C12H14O3/c1-8(10-6-4-3-5-7-10)11(13)9(2)12(14)15/h3-8,11,13H,2H2,1H3,(H,14,15). The largest absolute Gasteiger partial charge is 0.478 e. The molecule has 0 heterocycles. The first-order valence-corrected chi connectivity index (χ1v) is 4.69. The van der Waals surface area contributed by atoms with Crippen LogP contribution >= 0.6 is 0 Å². The minimum atomic E-state index is -1.16. The highest BCUT2D eigenvalue weighted by Gasteiger charge is 2.22. The predicted molar refractivity (Wildman–Crippen MR) is 57.6 cm³/mol. The molecule has 0 spiro atoms. The molecule has 1 aromatic carbocycles. The fourth-order valence-corrected chi connectivity index (χ4v) is 1.37. The van der Waals surface area contributed by atoms with Gasteiger partial charge in [0.15, 0.2) is 0 Å². The highest BCUT2D eigenvalue weighted by atomic mass is 16.4. The highest BCUT2D eigenvalue weighted by molar-refractivity contribution is 5.87. The van der Waals surface area contributed by atoms with E-state index in [1.165, 1.54) is 0 Å². The predicted octanol–water partition coefficient (Wildman–Crippen LogP) is 1.79. The van der Waals surface area contributed by atoms with Crippen molar-refractivity contribution >= 4 is 5.97 Å². The molecule has 0 aliphatic carbocycles. The summed E-state index contributed by atoms with van der Waals surface area (Å²) >= 11 is 0. The first-order chi connectivity index (χ1) is 7.04. The third-order valence-corrected chi connectivity index (χ3v) is 2.43. The molecule has 0 radical (unpaired) electrons. The highest BCUT2D eigenvalue weighted by Crippen LogP contribution is 2.22. The van der Waals surface area contributed by atoms with Gasteiger partial charge >= 0.3 is 5.97 Å². The molecule has 3 heteroatoms. The lowest BCUT2D eigenvalue weighted by molar-refractivity contribution is -0.133. The molecule has 0 saturated heterocycles. The number of aliphatic hydroxyl groups excluding tert-OH is 1. The van der Waals surface area contributed by atoms with Gasteiger partial charge in [-0.15, -0.1) is 0 Å². The maximum Gasteiger partial charge on any atom is 0.333 e. The zero-order valence-electron chi connectivity index (χ0n) is 8.55. The van der Waals surface area contributed by atoms with E-state index in [2.05, 4.69) is 6.58 Å². The van der Waals surface area contributed by atoms with E-state index < -0.39 is 12.1 Å². The average molecular weight is 206 g/mol. The Balaban J connectivity index is 2.82. The second-order valence-electron chi connectivity index (χ2n) is 3.47. The Morgan fingerprint density at radius 2 is 1.87 bits per heavy atom. The van der Waals surface area contributed by atoms with Gasteiger partial charge in [0, 0.05) is 5.92 Å². The molecule has 1 rings (SSSR count). The number of aliphatic carboxylic acids is 1. The fourth-order valence-electron chi connectivity index (χ4n) is 1.37. The molecule has 80 valence electrons. The SMILES string of the molecule is C=C(C(=O)O)C(O)C(C)c1ccccc1. The number of carboxylic acid groups (broad SMARTS) is 1. The number of rotatable bonds is 4. The van der Waals surface area contributed by atoms with Gasteiger partial charge in [0.1, 0.15) is 0 Å². The van der Waals surface area contributed by atoms with E-state index >= 15 is 0 Å². The molecule has 15 heavy (non-hydrogen) atoms. The van der Waals surface area contributed by atoms with Crippen LogP contribution in [0.15, 0.2) is 42.5 Å². The van der Waals surface area contributed by atoms with E-state index in [0.29, 0.717) is 0 Å². The Hall–Kier alpha value is -1.61. The Morgan fingerprint density at radius 1 is 1.33 bits per heavy atom. The molecule has 2 atom stereocenters. The first-order valence-electron chi connectivity index (χ1n) is 4.69. The number of hydrogen-bond donors (Lipinski definition) is 2. The summed E-state index contributed by atoms with van der Waals surface area (Å²) in [6.45, 7) is 5.12. The van der Waals surface area contributed by atoms with E-state index in [1.807, 2.05) is 30.3 Å². The minimum absolute atomic E-state index is 0.175. The first kappa shape index (κ1) is 11.5. The number of aliphatic hydroxyl groups is 1. The van der Waals surface area contributed by atoms with Gasteiger partial charge in [-0.3, -0.25) is 0 Å². The van der Waals surface area contributed by atoms with Crippen molar-refractivity contribution < 1.29 is 15.0 Å². The molecule has 3 nitrogen and oxygen atoms in total. The smallest absolute Gasteiger partial charge is 0.333 e. The summed E-state index contributed by atoms with van der Waals surface area (Å²) in [6, 6.07) is 9.27. The van der Waals surface area contributed by atoms with Crippen molar-refractivity contribution in [1.82, 2.24) is 0 Å². The van der Waals surface area contributed by atoms with Gasteiger partial charge in [-0.25, -0.2) is 4.79 Å². The summed E-state index contributed by atoms with van der Waals surface area (Å²) in [4.78, 5) is 10.6. The summed E-state index contributed by atoms with van der Waals surface area (Å²) in [6.07, 6.45) is -1.05. The Morgan fingerprint density at radius 3 is 2.33 bits per heavy atom. The Kier molecular flexibility index (Phi) is 3.63. The lowest BCUT2D eigenvalue weighted by Crippen LogP contribution is -2.22. The van der Waals surface area contributed by atoms with Gasteiger partial charge in [0.25, 0.3) is 0 Å². The van der Waals surface area contributed by atoms with Crippen molar-refractivity contribution in [3.8, 4) is 0 Å². The summed E-state index contributed by atoms with van der Waals surface area (Å²) < 4.78 is 0. The number of hydrogen-bond acceptors (Lipinski definition) is 2. The summed E-state index contributed by atoms with van der Waals surface area (Å²) in [5.41, 5.74) is 0.721. The Bertz CT molecular complexity index is 356. The van der Waals surface area contributed by atoms with E-state index in [1.54, 1.807) is 6.92 Å². The zero-order chi connectivity index (χ0) is 11.4. The van der Waals surface area contributed by atoms with Crippen LogP contribution in [-0.2, 0) is 4.79 Å². The molecule has 0 bridgehead atoms. The number of carbonyl (C=O) groups is 1. The third-order valence-electron chi connectivity index (χ3n) is 2.43. The summed E-state index contributed by atoms with van der Waals surface area (Å²) in [5.74, 6) is -1.43. The van der Waals surface area contributed by atoms with Gasteiger partial charge in [-0.2, -0.15) is 0 Å². The fraction of sp³-hybridized carbons (Fsp3) is 0.250. The third kappa shape index (κ3) is 2.67. The van der Waals surface area contributed by atoms with Gasteiger partial charge < -0.3 is 10.2 Å². The Labute approximate surface area is 88.7 Å². The van der Waals surface area contributed by atoms with Crippen LogP contribution in [0.2, 0.25) is 0 Å². The van der Waals surface area contributed by atoms with Crippen molar-refractivity contribution in [1.29, 1.82) is 0 Å². The van der Waals surface area contributed by atoms with Gasteiger partial charge in [-0.1, -0.05) is 43.8 Å². The molecule has 0 saturated carbocycles. The molecule has 1 aromatic rings. The summed E-state index contributed by atoms with van der Waals surface area (Å²) in [7, 11) is 0. The molecule has 0 aliphatic rings. The van der Waals surface area contributed by atoms with E-state index in [-0.39, 0.29) is 11.5 Å². The average Bonchev–Trinajstić information content (AvgIpc) is 2.27. The monoisotopic (exact) mass is 206 g/mol. The van der Waals surface area contributed by atoms with Gasteiger partial charge in [0.05, 0.1) is 11.7 Å². The van der Waals surface area contributed by atoms with Crippen LogP contribution in [-0.4, -0.2) is 22.3 Å². The van der Waals surface area contributed by atoms with Crippen LogP contribution in [0.25, 0.3) is 0 Å². The number of benzene rings is 1. The van der Waals surface area contributed by atoms with Crippen molar-refractivity contribution in [2.75, 3.05) is 0 Å². The second-order valence-corrected chi connectivity index (χ2v) is 3.47. The van der Waals surface area contributed by atoms with E-state index in [9.17, 15) is 9.90 Å². The molecular formula is C12H14O3. The van der Waals surface area contributed by atoms with Gasteiger partial charge in [-0.05, 0) is 5.56 Å². The molecule has 2 N–H and O–H groups in total. The lowest BCUT2D eigenvalue weighted by atomic mass is 9.91. The van der Waals surface area contributed by atoms with Crippen LogP contribution in [0.1, 0.15) is 18.4 Å². The molecule has 0 amide bonds. The number of carboxylic acids is 1. The van der Waals surface area contributed by atoms with E-state index in [4.69, 9.17) is 5.11 Å². The normalized spacial score (nSPS) is 14.3. The van der Waals surface area contributed by atoms with E-state index in [0.717, 1.165) is 5.56 Å². The van der Waals surface area contributed by atoms with Crippen LogP contribution in [0, 0.1) is 0 Å². The van der Waals surface area contributed by atoms with Crippen LogP contribution in [0.4, 0.5) is 0 Å². The van der Waals surface area contributed by atoms with Crippen LogP contribution < -0.4 is 0 Å². The maximum atomic E-state index is 10.6. The molecular weight excluding hydrogens is 192 g/mol. The van der Waals surface area contributed by atoms with Crippen molar-refractivity contribution in [3.05, 3.63) is 48.0 Å².